The zero-order valence-electron chi connectivity index (χ0n) is 13.0. The topological polar surface area (TPSA) is 25.2 Å². The first-order valence-electron chi connectivity index (χ1n) is 7.73. The van der Waals surface area contributed by atoms with E-state index >= 15 is 0 Å². The molecule has 1 saturated carbocycles. The molecule has 108 valence electrons. The minimum Gasteiger partial charge on any atom is -0.459 e. The van der Waals surface area contributed by atoms with E-state index < -0.39 is 0 Å². The van der Waals surface area contributed by atoms with E-state index in [1.807, 2.05) is 6.07 Å². The number of benzene rings is 1. The van der Waals surface area contributed by atoms with Crippen molar-refractivity contribution in [1.82, 2.24) is 5.32 Å². The predicted octanol–water partition coefficient (Wildman–Crippen LogP) is 4.97. The number of nitrogens with one attached hydrogen (secondary N) is 1. The molecule has 1 N–H and O–H groups in total. The molecule has 0 spiro atoms. The van der Waals surface area contributed by atoms with Gasteiger partial charge in [0.15, 0.2) is 0 Å². The summed E-state index contributed by atoms with van der Waals surface area (Å²) in [5.74, 6) is 1.09. The van der Waals surface area contributed by atoms with Crippen molar-refractivity contribution in [2.24, 2.45) is 5.41 Å². The third-order valence-electron chi connectivity index (χ3n) is 4.98. The number of rotatable bonds is 3. The van der Waals surface area contributed by atoms with Crippen LogP contribution < -0.4 is 5.32 Å². The number of furan rings is 1. The summed E-state index contributed by atoms with van der Waals surface area (Å²) in [6.45, 7) is 9.13. The van der Waals surface area contributed by atoms with Crippen LogP contribution in [0.3, 0.4) is 0 Å². The average molecular weight is 271 g/mol. The molecule has 1 aromatic carbocycles. The van der Waals surface area contributed by atoms with Gasteiger partial charge in [0.1, 0.15) is 11.3 Å². The fourth-order valence-electron chi connectivity index (χ4n) is 3.62. The highest BCUT2D eigenvalue weighted by molar-refractivity contribution is 5.82. The van der Waals surface area contributed by atoms with E-state index in [9.17, 15) is 0 Å². The average Bonchev–Trinajstić information content (AvgIpc) is 2.91. The Balaban J connectivity index is 1.85. The normalized spacial score (nSPS) is 23.3. The van der Waals surface area contributed by atoms with Crippen LogP contribution in [-0.4, -0.2) is 6.04 Å². The SMILES string of the molecule is Cc1c(C(C)NC2CCCC2(C)C)oc2ccccc12. The molecular weight excluding hydrogens is 246 g/mol. The maximum Gasteiger partial charge on any atom is 0.134 e. The van der Waals surface area contributed by atoms with Gasteiger partial charge in [-0.1, -0.05) is 38.5 Å². The summed E-state index contributed by atoms with van der Waals surface area (Å²) in [4.78, 5) is 0. The molecule has 3 rings (SSSR count). The summed E-state index contributed by atoms with van der Waals surface area (Å²) in [6, 6.07) is 9.16. The third kappa shape index (κ3) is 2.26. The molecule has 0 amide bonds. The Morgan fingerprint density at radius 3 is 2.70 bits per heavy atom. The van der Waals surface area contributed by atoms with Crippen molar-refractivity contribution >= 4 is 11.0 Å². The number of aryl methyl sites for hydroxylation is 1. The first-order valence-corrected chi connectivity index (χ1v) is 7.73. The molecule has 2 heteroatoms. The fraction of sp³-hybridized carbons (Fsp3) is 0.556. The monoisotopic (exact) mass is 271 g/mol. The Labute approximate surface area is 121 Å². The lowest BCUT2D eigenvalue weighted by atomic mass is 9.87. The Bertz CT molecular complexity index is 611. The largest absolute Gasteiger partial charge is 0.459 e. The summed E-state index contributed by atoms with van der Waals surface area (Å²) in [6.07, 6.45) is 3.92. The van der Waals surface area contributed by atoms with Crippen molar-refractivity contribution in [2.45, 2.75) is 59.0 Å². The molecule has 0 bridgehead atoms. The van der Waals surface area contributed by atoms with E-state index in [1.54, 1.807) is 0 Å². The summed E-state index contributed by atoms with van der Waals surface area (Å²) >= 11 is 0. The molecule has 2 aromatic rings. The highest BCUT2D eigenvalue weighted by Gasteiger charge is 2.35. The predicted molar refractivity (Wildman–Crippen MR) is 83.9 cm³/mol. The van der Waals surface area contributed by atoms with E-state index in [-0.39, 0.29) is 6.04 Å². The van der Waals surface area contributed by atoms with Crippen molar-refractivity contribution in [1.29, 1.82) is 0 Å². The van der Waals surface area contributed by atoms with Gasteiger partial charge in [-0.05, 0) is 43.7 Å². The summed E-state index contributed by atoms with van der Waals surface area (Å²) in [5, 5.41) is 5.03. The molecule has 1 heterocycles. The molecule has 20 heavy (non-hydrogen) atoms. The maximum absolute atomic E-state index is 6.08. The lowest BCUT2D eigenvalue weighted by Crippen LogP contribution is -2.39. The van der Waals surface area contributed by atoms with Gasteiger partial charge in [-0.15, -0.1) is 0 Å². The Hall–Kier alpha value is -1.28. The highest BCUT2D eigenvalue weighted by Crippen LogP contribution is 2.39. The van der Waals surface area contributed by atoms with Crippen LogP contribution >= 0.6 is 0 Å². The molecule has 2 nitrogen and oxygen atoms in total. The second-order valence-corrected chi connectivity index (χ2v) is 6.91. The third-order valence-corrected chi connectivity index (χ3v) is 4.98. The van der Waals surface area contributed by atoms with Crippen molar-refractivity contribution in [3.63, 3.8) is 0 Å². The van der Waals surface area contributed by atoms with Gasteiger partial charge >= 0.3 is 0 Å². The van der Waals surface area contributed by atoms with E-state index in [0.29, 0.717) is 11.5 Å². The first-order chi connectivity index (χ1) is 9.49. The quantitative estimate of drug-likeness (QED) is 0.852. The highest BCUT2D eigenvalue weighted by atomic mass is 16.3. The van der Waals surface area contributed by atoms with Crippen LogP contribution in [0.5, 0.6) is 0 Å². The van der Waals surface area contributed by atoms with E-state index in [4.69, 9.17) is 4.42 Å². The van der Waals surface area contributed by atoms with Gasteiger partial charge in [0.2, 0.25) is 0 Å². The van der Waals surface area contributed by atoms with Gasteiger partial charge in [0.25, 0.3) is 0 Å². The number of hydrogen-bond acceptors (Lipinski definition) is 2. The summed E-state index contributed by atoms with van der Waals surface area (Å²) < 4.78 is 6.08. The molecular formula is C18H25NO. The molecule has 1 aromatic heterocycles. The Morgan fingerprint density at radius 2 is 2.05 bits per heavy atom. The minimum atomic E-state index is 0.268. The van der Waals surface area contributed by atoms with E-state index in [0.717, 1.165) is 11.3 Å². The number of hydrogen-bond donors (Lipinski definition) is 1. The molecule has 0 radical (unpaired) electrons. The van der Waals surface area contributed by atoms with Gasteiger partial charge in [0, 0.05) is 11.4 Å². The van der Waals surface area contributed by atoms with Crippen molar-refractivity contribution in [2.75, 3.05) is 0 Å². The first kappa shape index (κ1) is 13.7. The van der Waals surface area contributed by atoms with Crippen LogP contribution in [0.25, 0.3) is 11.0 Å². The second-order valence-electron chi connectivity index (χ2n) is 6.91. The molecule has 1 aliphatic rings. The van der Waals surface area contributed by atoms with Crippen LogP contribution in [0.4, 0.5) is 0 Å². The Kier molecular flexibility index (Phi) is 3.37. The molecule has 1 fully saturated rings. The maximum atomic E-state index is 6.08. The van der Waals surface area contributed by atoms with Crippen LogP contribution in [-0.2, 0) is 0 Å². The van der Waals surface area contributed by atoms with Gasteiger partial charge in [0.05, 0.1) is 6.04 Å². The minimum absolute atomic E-state index is 0.268. The standard InChI is InChI=1S/C18H25NO/c1-12-14-8-5-6-9-15(14)20-17(12)13(2)19-16-10-7-11-18(16,3)4/h5-6,8-9,13,16,19H,7,10-11H2,1-4H3. The number of para-hydroxylation sites is 1. The zero-order valence-corrected chi connectivity index (χ0v) is 13.0. The van der Waals surface area contributed by atoms with Crippen LogP contribution in [0.2, 0.25) is 0 Å². The van der Waals surface area contributed by atoms with Crippen LogP contribution in [0.15, 0.2) is 28.7 Å². The summed E-state index contributed by atoms with van der Waals surface area (Å²) in [5.41, 5.74) is 2.67. The Morgan fingerprint density at radius 1 is 1.30 bits per heavy atom. The molecule has 1 aliphatic carbocycles. The van der Waals surface area contributed by atoms with Crippen molar-refractivity contribution in [3.8, 4) is 0 Å². The molecule has 2 atom stereocenters. The number of fused-ring (bicyclic) bond motifs is 1. The van der Waals surface area contributed by atoms with Gasteiger partial charge < -0.3 is 9.73 Å². The summed E-state index contributed by atoms with van der Waals surface area (Å²) in [7, 11) is 0. The van der Waals surface area contributed by atoms with E-state index in [2.05, 4.69) is 51.2 Å². The fourth-order valence-corrected chi connectivity index (χ4v) is 3.62. The second kappa shape index (κ2) is 4.92. The van der Waals surface area contributed by atoms with Crippen LogP contribution in [0, 0.1) is 12.3 Å². The molecule has 0 aliphatic heterocycles. The lowest BCUT2D eigenvalue weighted by molar-refractivity contribution is 0.257. The van der Waals surface area contributed by atoms with Gasteiger partial charge in [-0.2, -0.15) is 0 Å². The lowest BCUT2D eigenvalue weighted by Gasteiger charge is -2.30. The van der Waals surface area contributed by atoms with Gasteiger partial charge in [-0.25, -0.2) is 0 Å². The van der Waals surface area contributed by atoms with Crippen molar-refractivity contribution < 1.29 is 4.42 Å². The van der Waals surface area contributed by atoms with Crippen LogP contribution in [0.1, 0.15) is 57.4 Å². The zero-order chi connectivity index (χ0) is 14.3. The molecule has 0 saturated heterocycles. The smallest absolute Gasteiger partial charge is 0.134 e. The van der Waals surface area contributed by atoms with E-state index in [1.165, 1.54) is 30.2 Å². The van der Waals surface area contributed by atoms with Crippen molar-refractivity contribution in [3.05, 3.63) is 35.6 Å². The van der Waals surface area contributed by atoms with Gasteiger partial charge in [-0.3, -0.25) is 0 Å². The molecule has 2 unspecified atom stereocenters.